The van der Waals surface area contributed by atoms with E-state index in [4.69, 9.17) is 5.11 Å². The zero-order valence-electron chi connectivity index (χ0n) is 13.0. The van der Waals surface area contributed by atoms with Crippen molar-refractivity contribution in [1.82, 2.24) is 4.57 Å². The van der Waals surface area contributed by atoms with Crippen molar-refractivity contribution in [3.8, 4) is 16.3 Å². The van der Waals surface area contributed by atoms with E-state index in [-0.39, 0.29) is 18.5 Å². The molecule has 25 heavy (non-hydrogen) atoms. The van der Waals surface area contributed by atoms with Gasteiger partial charge in [-0.3, -0.25) is 4.79 Å². The number of hydrogen-bond acceptors (Lipinski definition) is 2. The van der Waals surface area contributed by atoms with Crippen LogP contribution in [-0.4, -0.2) is 15.6 Å². The average molecular weight is 365 g/mol. The molecule has 0 radical (unpaired) electrons. The lowest BCUT2D eigenvalue weighted by Gasteiger charge is -2.18. The van der Waals surface area contributed by atoms with Crippen LogP contribution in [0.1, 0.15) is 17.7 Å². The Balaban J connectivity index is 2.20. The molecule has 2 aromatic heterocycles. The summed E-state index contributed by atoms with van der Waals surface area (Å²) in [6.45, 7) is 0. The molecule has 0 aliphatic carbocycles. The fraction of sp³-hybridized carbons (Fsp3) is 0.167. The van der Waals surface area contributed by atoms with E-state index in [9.17, 15) is 18.0 Å². The van der Waals surface area contributed by atoms with Gasteiger partial charge in [0, 0.05) is 5.69 Å². The summed E-state index contributed by atoms with van der Waals surface area (Å²) in [5.74, 6) is -0.991. The molecule has 3 rings (SSSR count). The molecular weight excluding hydrogens is 351 g/mol. The monoisotopic (exact) mass is 365 g/mol. The fourth-order valence-electron chi connectivity index (χ4n) is 2.72. The number of thiophene rings is 1. The van der Waals surface area contributed by atoms with Gasteiger partial charge in [0.15, 0.2) is 0 Å². The molecule has 0 spiro atoms. The topological polar surface area (TPSA) is 42.2 Å². The van der Waals surface area contributed by atoms with Crippen molar-refractivity contribution in [3.63, 3.8) is 0 Å². The molecule has 0 bridgehead atoms. The number of hydrogen-bond donors (Lipinski definition) is 1. The first kappa shape index (κ1) is 17.3. The third-order valence-electron chi connectivity index (χ3n) is 3.78. The van der Waals surface area contributed by atoms with Crippen LogP contribution in [0.3, 0.4) is 0 Å². The highest BCUT2D eigenvalue weighted by Gasteiger charge is 2.34. The van der Waals surface area contributed by atoms with Gasteiger partial charge in [0.25, 0.3) is 0 Å². The Bertz CT molecular complexity index is 882. The van der Waals surface area contributed by atoms with Gasteiger partial charge in [-0.2, -0.15) is 13.2 Å². The van der Waals surface area contributed by atoms with Crippen molar-refractivity contribution in [2.45, 2.75) is 19.0 Å². The van der Waals surface area contributed by atoms with Gasteiger partial charge in [0.1, 0.15) is 0 Å². The normalized spacial score (nSPS) is 11.6. The van der Waals surface area contributed by atoms with Gasteiger partial charge in [-0.05, 0) is 42.1 Å². The van der Waals surface area contributed by atoms with E-state index >= 15 is 0 Å². The van der Waals surface area contributed by atoms with E-state index in [0.29, 0.717) is 11.4 Å². The molecule has 0 atom stereocenters. The van der Waals surface area contributed by atoms with Crippen molar-refractivity contribution >= 4 is 17.3 Å². The Labute approximate surface area is 146 Å². The summed E-state index contributed by atoms with van der Waals surface area (Å²) in [5, 5.41) is 10.8. The smallest absolute Gasteiger partial charge is 0.418 e. The molecule has 0 unspecified atom stereocenters. The number of aryl methyl sites for hydroxylation is 1. The quantitative estimate of drug-likeness (QED) is 0.672. The predicted molar refractivity (Wildman–Crippen MR) is 90.0 cm³/mol. The second-order valence-electron chi connectivity index (χ2n) is 5.43. The predicted octanol–water partition coefficient (Wildman–Crippen LogP) is 5.24. The number of nitrogens with zero attached hydrogens (tertiary/aromatic N) is 1. The van der Waals surface area contributed by atoms with Gasteiger partial charge in [-0.25, -0.2) is 0 Å². The minimum absolute atomic E-state index is 0.00351. The Morgan fingerprint density at radius 2 is 1.84 bits per heavy atom. The Kier molecular flexibility index (Phi) is 4.67. The summed E-state index contributed by atoms with van der Waals surface area (Å²) in [7, 11) is 0. The Hall–Kier alpha value is -2.54. The van der Waals surface area contributed by atoms with Crippen LogP contribution in [-0.2, 0) is 17.4 Å². The molecule has 0 saturated carbocycles. The Morgan fingerprint density at radius 1 is 1.08 bits per heavy atom. The number of carboxylic acids is 1. The lowest BCUT2D eigenvalue weighted by Crippen LogP contribution is -2.13. The first-order chi connectivity index (χ1) is 11.9. The first-order valence-electron chi connectivity index (χ1n) is 7.51. The highest BCUT2D eigenvalue weighted by Crippen LogP contribution is 2.37. The summed E-state index contributed by atoms with van der Waals surface area (Å²) in [4.78, 5) is 11.7. The molecule has 7 heteroatoms. The minimum atomic E-state index is -4.50. The standard InChI is InChI=1S/C18H14F3NO2S/c19-18(20,21)13-4-1-2-5-14(13)22-12(8-10-17(23)24)7-9-15(22)16-6-3-11-25-16/h1-7,9,11H,8,10H2,(H,23,24). The van der Waals surface area contributed by atoms with Crippen molar-refractivity contribution < 1.29 is 23.1 Å². The van der Waals surface area contributed by atoms with E-state index in [1.54, 1.807) is 18.2 Å². The highest BCUT2D eigenvalue weighted by atomic mass is 32.1. The summed E-state index contributed by atoms with van der Waals surface area (Å²) < 4.78 is 41.9. The lowest BCUT2D eigenvalue weighted by molar-refractivity contribution is -0.138. The number of rotatable bonds is 5. The summed E-state index contributed by atoms with van der Waals surface area (Å²) in [6.07, 6.45) is -4.51. The molecule has 0 fully saturated rings. The maximum atomic E-state index is 13.5. The molecule has 2 heterocycles. The second kappa shape index (κ2) is 6.76. The number of benzene rings is 1. The van der Waals surface area contributed by atoms with E-state index in [1.165, 1.54) is 28.0 Å². The number of carboxylic acid groups (broad SMARTS) is 1. The van der Waals surface area contributed by atoms with Crippen molar-refractivity contribution in [2.24, 2.45) is 0 Å². The number of alkyl halides is 3. The van der Waals surface area contributed by atoms with Crippen LogP contribution >= 0.6 is 11.3 Å². The maximum Gasteiger partial charge on any atom is 0.418 e. The lowest BCUT2D eigenvalue weighted by atomic mass is 10.1. The van der Waals surface area contributed by atoms with Crippen LogP contribution in [0.5, 0.6) is 0 Å². The fourth-order valence-corrected chi connectivity index (χ4v) is 3.46. The van der Waals surface area contributed by atoms with Crippen LogP contribution in [0.4, 0.5) is 13.2 Å². The van der Waals surface area contributed by atoms with Gasteiger partial charge in [-0.15, -0.1) is 11.3 Å². The summed E-state index contributed by atoms with van der Waals surface area (Å²) in [5.41, 5.74) is 0.402. The van der Waals surface area contributed by atoms with Crippen molar-refractivity contribution in [3.05, 3.63) is 65.2 Å². The molecule has 0 aliphatic heterocycles. The molecule has 3 aromatic rings. The maximum absolute atomic E-state index is 13.5. The SMILES string of the molecule is O=C(O)CCc1ccc(-c2cccs2)n1-c1ccccc1C(F)(F)F. The van der Waals surface area contributed by atoms with E-state index in [0.717, 1.165) is 10.9 Å². The average Bonchev–Trinajstić information content (AvgIpc) is 3.21. The van der Waals surface area contributed by atoms with Crippen LogP contribution in [0.2, 0.25) is 0 Å². The number of aliphatic carboxylic acids is 1. The van der Waals surface area contributed by atoms with Crippen LogP contribution in [0.25, 0.3) is 16.3 Å². The van der Waals surface area contributed by atoms with Crippen molar-refractivity contribution in [2.75, 3.05) is 0 Å². The number of carbonyl (C=O) groups is 1. The van der Waals surface area contributed by atoms with Gasteiger partial charge in [0.05, 0.1) is 28.2 Å². The van der Waals surface area contributed by atoms with Crippen molar-refractivity contribution in [1.29, 1.82) is 0 Å². The first-order valence-corrected chi connectivity index (χ1v) is 8.39. The molecule has 3 nitrogen and oxygen atoms in total. The van der Waals surface area contributed by atoms with Crippen LogP contribution in [0.15, 0.2) is 53.9 Å². The zero-order chi connectivity index (χ0) is 18.0. The van der Waals surface area contributed by atoms with Crippen LogP contribution in [0, 0.1) is 0 Å². The molecule has 0 saturated heterocycles. The molecule has 0 amide bonds. The van der Waals surface area contributed by atoms with Gasteiger partial charge < -0.3 is 9.67 Å². The third-order valence-corrected chi connectivity index (χ3v) is 4.67. The van der Waals surface area contributed by atoms with Gasteiger partial charge in [-0.1, -0.05) is 18.2 Å². The van der Waals surface area contributed by atoms with Gasteiger partial charge >= 0.3 is 12.1 Å². The summed E-state index contributed by atoms with van der Waals surface area (Å²) in [6, 6.07) is 12.4. The zero-order valence-corrected chi connectivity index (χ0v) is 13.8. The largest absolute Gasteiger partial charge is 0.481 e. The third kappa shape index (κ3) is 3.61. The van der Waals surface area contributed by atoms with E-state index in [1.807, 2.05) is 17.5 Å². The van der Waals surface area contributed by atoms with E-state index in [2.05, 4.69) is 0 Å². The Morgan fingerprint density at radius 3 is 2.48 bits per heavy atom. The number of para-hydroxylation sites is 1. The number of aromatic nitrogens is 1. The molecule has 1 aromatic carbocycles. The molecule has 0 aliphatic rings. The van der Waals surface area contributed by atoms with E-state index < -0.39 is 17.7 Å². The van der Waals surface area contributed by atoms with Gasteiger partial charge in [0.2, 0.25) is 0 Å². The molecule has 1 N–H and O–H groups in total. The van der Waals surface area contributed by atoms with Crippen LogP contribution < -0.4 is 0 Å². The molecule has 130 valence electrons. The molecular formula is C18H14F3NO2S. The second-order valence-corrected chi connectivity index (χ2v) is 6.38. The number of halogens is 3. The summed E-state index contributed by atoms with van der Waals surface area (Å²) >= 11 is 1.42. The highest BCUT2D eigenvalue weighted by molar-refractivity contribution is 7.13. The minimum Gasteiger partial charge on any atom is -0.481 e.